The van der Waals surface area contributed by atoms with Gasteiger partial charge in [-0.2, -0.15) is 0 Å². The van der Waals surface area contributed by atoms with Gasteiger partial charge >= 0.3 is 0 Å². The smallest absolute Gasteiger partial charge is 0.0166 e. The molecule has 0 saturated carbocycles. The van der Waals surface area contributed by atoms with E-state index in [9.17, 15) is 0 Å². The summed E-state index contributed by atoms with van der Waals surface area (Å²) in [4.78, 5) is 2.48. The normalized spacial score (nSPS) is 16.2. The van der Waals surface area contributed by atoms with Crippen LogP contribution in [0, 0.1) is 11.3 Å². The number of nitrogens with one attached hydrogen (secondary N) is 1. The summed E-state index contributed by atoms with van der Waals surface area (Å²) in [5, 5.41) is 3.64. The summed E-state index contributed by atoms with van der Waals surface area (Å²) in [6.45, 7) is 20.7. The van der Waals surface area contributed by atoms with E-state index >= 15 is 0 Å². The van der Waals surface area contributed by atoms with Crippen LogP contribution in [-0.4, -0.2) is 37.1 Å². The molecular formula is C15H34N2. The average Bonchev–Trinajstić information content (AvgIpc) is 2.24. The van der Waals surface area contributed by atoms with Crippen molar-refractivity contribution in [2.45, 2.75) is 60.9 Å². The van der Waals surface area contributed by atoms with Crippen LogP contribution in [0.4, 0.5) is 0 Å². The maximum atomic E-state index is 3.64. The summed E-state index contributed by atoms with van der Waals surface area (Å²) in [5.74, 6) is 0.774. The standard InChI is InChI=1S/C15H34N2/c1-8-17(9-2)12-14(4)16-11-10-13(3)15(5,6)7/h13-14,16H,8-12H2,1-7H3. The van der Waals surface area contributed by atoms with E-state index in [4.69, 9.17) is 0 Å². The second-order valence-corrected chi connectivity index (χ2v) is 6.40. The van der Waals surface area contributed by atoms with Crippen molar-refractivity contribution >= 4 is 0 Å². The highest BCUT2D eigenvalue weighted by Crippen LogP contribution is 2.27. The first kappa shape index (κ1) is 16.9. The number of hydrogen-bond donors (Lipinski definition) is 1. The van der Waals surface area contributed by atoms with E-state index in [0.717, 1.165) is 32.1 Å². The minimum absolute atomic E-state index is 0.434. The van der Waals surface area contributed by atoms with Crippen LogP contribution in [0.3, 0.4) is 0 Å². The molecule has 0 aliphatic rings. The van der Waals surface area contributed by atoms with Gasteiger partial charge in [0.15, 0.2) is 0 Å². The van der Waals surface area contributed by atoms with Crippen LogP contribution in [0.5, 0.6) is 0 Å². The lowest BCUT2D eigenvalue weighted by molar-refractivity contribution is 0.233. The lowest BCUT2D eigenvalue weighted by Gasteiger charge is -2.28. The highest BCUT2D eigenvalue weighted by molar-refractivity contribution is 4.72. The molecule has 17 heavy (non-hydrogen) atoms. The summed E-state index contributed by atoms with van der Waals surface area (Å²) in [5.41, 5.74) is 0.434. The zero-order valence-corrected chi connectivity index (χ0v) is 13.1. The van der Waals surface area contributed by atoms with Crippen molar-refractivity contribution in [3.05, 3.63) is 0 Å². The van der Waals surface area contributed by atoms with E-state index in [0.29, 0.717) is 11.5 Å². The molecule has 0 saturated heterocycles. The van der Waals surface area contributed by atoms with Crippen molar-refractivity contribution in [3.63, 3.8) is 0 Å². The van der Waals surface area contributed by atoms with Gasteiger partial charge in [0.25, 0.3) is 0 Å². The van der Waals surface area contributed by atoms with E-state index in [-0.39, 0.29) is 0 Å². The Kier molecular flexibility index (Phi) is 8.06. The molecule has 0 spiro atoms. The van der Waals surface area contributed by atoms with Gasteiger partial charge in [-0.3, -0.25) is 0 Å². The third-order valence-corrected chi connectivity index (χ3v) is 3.98. The maximum Gasteiger partial charge on any atom is 0.0166 e. The van der Waals surface area contributed by atoms with Crippen LogP contribution in [-0.2, 0) is 0 Å². The van der Waals surface area contributed by atoms with Gasteiger partial charge in [0.1, 0.15) is 0 Å². The van der Waals surface area contributed by atoms with Crippen LogP contribution in [0.25, 0.3) is 0 Å². The fourth-order valence-electron chi connectivity index (χ4n) is 1.91. The lowest BCUT2D eigenvalue weighted by atomic mass is 9.80. The number of likely N-dealkylation sites (N-methyl/N-ethyl adjacent to an activating group) is 1. The predicted octanol–water partition coefficient (Wildman–Crippen LogP) is 3.38. The Balaban J connectivity index is 3.74. The van der Waals surface area contributed by atoms with Crippen LogP contribution < -0.4 is 5.32 Å². The van der Waals surface area contributed by atoms with Gasteiger partial charge in [-0.15, -0.1) is 0 Å². The Morgan fingerprint density at radius 2 is 1.59 bits per heavy atom. The summed E-state index contributed by atoms with van der Waals surface area (Å²) in [7, 11) is 0. The topological polar surface area (TPSA) is 15.3 Å². The van der Waals surface area contributed by atoms with Crippen molar-refractivity contribution < 1.29 is 0 Å². The summed E-state index contributed by atoms with van der Waals surface area (Å²) in [6, 6.07) is 0.599. The van der Waals surface area contributed by atoms with Crippen molar-refractivity contribution in [3.8, 4) is 0 Å². The van der Waals surface area contributed by atoms with E-state index < -0.39 is 0 Å². The number of hydrogen-bond acceptors (Lipinski definition) is 2. The van der Waals surface area contributed by atoms with Crippen molar-refractivity contribution in [1.82, 2.24) is 10.2 Å². The molecule has 0 aromatic carbocycles. The quantitative estimate of drug-likeness (QED) is 0.702. The molecular weight excluding hydrogens is 208 g/mol. The molecule has 0 radical (unpaired) electrons. The first-order chi connectivity index (χ1) is 7.81. The van der Waals surface area contributed by atoms with E-state index in [1.165, 1.54) is 6.42 Å². The molecule has 0 bridgehead atoms. The highest BCUT2D eigenvalue weighted by Gasteiger charge is 2.19. The second kappa shape index (κ2) is 8.10. The second-order valence-electron chi connectivity index (χ2n) is 6.40. The molecule has 2 heteroatoms. The van der Waals surface area contributed by atoms with Crippen LogP contribution in [0.1, 0.15) is 54.9 Å². The third-order valence-electron chi connectivity index (χ3n) is 3.98. The summed E-state index contributed by atoms with van der Waals surface area (Å²) in [6.07, 6.45) is 1.27. The van der Waals surface area contributed by atoms with Crippen molar-refractivity contribution in [2.75, 3.05) is 26.2 Å². The Morgan fingerprint density at radius 1 is 1.06 bits per heavy atom. The molecule has 0 heterocycles. The Bertz CT molecular complexity index is 180. The molecule has 0 rings (SSSR count). The number of nitrogens with zero attached hydrogens (tertiary/aromatic N) is 1. The largest absolute Gasteiger partial charge is 0.313 e. The van der Waals surface area contributed by atoms with Gasteiger partial charge in [-0.1, -0.05) is 41.5 Å². The third kappa shape index (κ3) is 7.77. The first-order valence-electron chi connectivity index (χ1n) is 7.26. The van der Waals surface area contributed by atoms with Crippen molar-refractivity contribution in [2.24, 2.45) is 11.3 Å². The highest BCUT2D eigenvalue weighted by atomic mass is 15.1. The van der Waals surface area contributed by atoms with E-state index in [2.05, 4.69) is 58.7 Å². The van der Waals surface area contributed by atoms with Gasteiger partial charge in [0.2, 0.25) is 0 Å². The Labute approximate surface area is 109 Å². The minimum atomic E-state index is 0.434. The molecule has 1 N–H and O–H groups in total. The molecule has 104 valence electrons. The number of rotatable bonds is 8. The average molecular weight is 242 g/mol. The van der Waals surface area contributed by atoms with Gasteiger partial charge in [0, 0.05) is 12.6 Å². The molecule has 0 aliphatic heterocycles. The minimum Gasteiger partial charge on any atom is -0.313 e. The predicted molar refractivity (Wildman–Crippen MR) is 78.5 cm³/mol. The molecule has 2 atom stereocenters. The molecule has 0 fully saturated rings. The van der Waals surface area contributed by atoms with Gasteiger partial charge in [-0.05, 0) is 44.3 Å². The molecule has 0 aliphatic carbocycles. The van der Waals surface area contributed by atoms with Gasteiger partial charge < -0.3 is 10.2 Å². The van der Waals surface area contributed by atoms with Crippen LogP contribution in [0.2, 0.25) is 0 Å². The summed E-state index contributed by atoms with van der Waals surface area (Å²) >= 11 is 0. The molecule has 0 aromatic rings. The van der Waals surface area contributed by atoms with Crippen LogP contribution in [0.15, 0.2) is 0 Å². The Morgan fingerprint density at radius 3 is 2.00 bits per heavy atom. The lowest BCUT2D eigenvalue weighted by Crippen LogP contribution is -2.40. The zero-order valence-electron chi connectivity index (χ0n) is 13.1. The van der Waals surface area contributed by atoms with Crippen molar-refractivity contribution in [1.29, 1.82) is 0 Å². The first-order valence-corrected chi connectivity index (χ1v) is 7.26. The monoisotopic (exact) mass is 242 g/mol. The SMILES string of the molecule is CCN(CC)CC(C)NCCC(C)C(C)(C)C. The zero-order chi connectivity index (χ0) is 13.5. The fourth-order valence-corrected chi connectivity index (χ4v) is 1.91. The fraction of sp³-hybridized carbons (Fsp3) is 1.00. The van der Waals surface area contributed by atoms with Crippen LogP contribution >= 0.6 is 0 Å². The van der Waals surface area contributed by atoms with E-state index in [1.807, 2.05) is 0 Å². The van der Waals surface area contributed by atoms with Gasteiger partial charge in [0.05, 0.1) is 0 Å². The molecule has 2 nitrogen and oxygen atoms in total. The Hall–Kier alpha value is -0.0800. The molecule has 0 aromatic heterocycles. The maximum absolute atomic E-state index is 3.64. The van der Waals surface area contributed by atoms with E-state index in [1.54, 1.807) is 0 Å². The molecule has 2 unspecified atom stereocenters. The van der Waals surface area contributed by atoms with Gasteiger partial charge in [-0.25, -0.2) is 0 Å². The summed E-state index contributed by atoms with van der Waals surface area (Å²) < 4.78 is 0. The molecule has 0 amide bonds.